The van der Waals surface area contributed by atoms with Crippen molar-refractivity contribution in [3.8, 4) is 0 Å². The topological polar surface area (TPSA) is 23.1 Å². The summed E-state index contributed by atoms with van der Waals surface area (Å²) in [5.41, 5.74) is 0. The van der Waals surface area contributed by atoms with Crippen molar-refractivity contribution in [1.29, 1.82) is 0 Å². The average Bonchev–Trinajstić information content (AvgIpc) is 1.55. The van der Waals surface area contributed by atoms with Crippen molar-refractivity contribution in [2.24, 2.45) is 0 Å². The summed E-state index contributed by atoms with van der Waals surface area (Å²) in [4.78, 5) is 2.17. The van der Waals surface area contributed by atoms with Gasteiger partial charge in [-0.25, -0.2) is 5.11 Å². The Labute approximate surface area is 43.7 Å². The van der Waals surface area contributed by atoms with Crippen LogP contribution in [0, 0.1) is 0 Å². The maximum atomic E-state index is 9.89. The fraction of sp³-hybridized carbons (Fsp3) is 1.00. The lowest BCUT2D eigenvalue weighted by molar-refractivity contribution is 0.105. The molecule has 1 rings (SSSR count). The molecule has 2 heteroatoms. The third-order valence-corrected chi connectivity index (χ3v) is 1.36. The molecule has 0 bridgehead atoms. The van der Waals surface area contributed by atoms with Crippen LogP contribution in [-0.2, 0) is 5.11 Å². The van der Waals surface area contributed by atoms with Gasteiger partial charge in [-0.05, 0) is 19.5 Å². The molecule has 0 aromatic rings. The first kappa shape index (κ1) is 5.06. The average molecular weight is 100 g/mol. The van der Waals surface area contributed by atoms with Crippen LogP contribution in [0.1, 0.15) is 6.42 Å². The fourth-order valence-corrected chi connectivity index (χ4v) is 0.734. The number of nitrogens with zero attached hydrogens (tertiary/aromatic N) is 1. The number of hydrogen-bond donors (Lipinski definition) is 0. The van der Waals surface area contributed by atoms with Gasteiger partial charge in [0.2, 0.25) is 0 Å². The predicted octanol–water partition coefficient (Wildman–Crippen LogP) is 0.123. The van der Waals surface area contributed by atoms with E-state index in [4.69, 9.17) is 0 Å². The molecular weight excluding hydrogens is 90.1 g/mol. The minimum atomic E-state index is 0.0694. The summed E-state index contributed by atoms with van der Waals surface area (Å²) in [5, 5.41) is 9.89. The zero-order chi connectivity index (χ0) is 5.11. The Morgan fingerprint density at radius 3 is 2.29 bits per heavy atom. The Balaban J connectivity index is 1.93. The Kier molecular flexibility index (Phi) is 1.65. The molecule has 0 atom stereocenters. The summed E-state index contributed by atoms with van der Waals surface area (Å²) in [6.07, 6.45) is 1.29. The molecular formula is C5H10NO. The van der Waals surface area contributed by atoms with Crippen LogP contribution < -0.4 is 0 Å². The third-order valence-electron chi connectivity index (χ3n) is 1.36. The van der Waals surface area contributed by atoms with E-state index in [-0.39, 0.29) is 6.61 Å². The Bertz CT molecular complexity index is 52.0. The lowest BCUT2D eigenvalue weighted by Gasteiger charge is -2.29. The highest BCUT2D eigenvalue weighted by molar-refractivity contribution is 4.66. The van der Waals surface area contributed by atoms with E-state index in [1.165, 1.54) is 6.42 Å². The van der Waals surface area contributed by atoms with E-state index in [1.807, 2.05) is 0 Å². The minimum Gasteiger partial charge on any atom is -0.301 e. The molecule has 41 valence electrons. The van der Waals surface area contributed by atoms with Gasteiger partial charge in [-0.2, -0.15) is 0 Å². The van der Waals surface area contributed by atoms with Gasteiger partial charge in [0.1, 0.15) is 0 Å². The number of hydrogen-bond acceptors (Lipinski definition) is 1. The van der Waals surface area contributed by atoms with E-state index < -0.39 is 0 Å². The van der Waals surface area contributed by atoms with Crippen LogP contribution in [0.25, 0.3) is 0 Å². The molecule has 0 N–H and O–H groups in total. The van der Waals surface area contributed by atoms with Crippen LogP contribution in [0.4, 0.5) is 0 Å². The fourth-order valence-electron chi connectivity index (χ4n) is 0.734. The first-order valence-electron chi connectivity index (χ1n) is 2.74. The molecule has 7 heavy (non-hydrogen) atoms. The molecule has 1 saturated heterocycles. The molecule has 1 aliphatic heterocycles. The zero-order valence-corrected chi connectivity index (χ0v) is 4.39. The summed E-state index contributed by atoms with van der Waals surface area (Å²) in [6, 6.07) is 0. The zero-order valence-electron chi connectivity index (χ0n) is 4.39. The van der Waals surface area contributed by atoms with E-state index in [2.05, 4.69) is 4.90 Å². The molecule has 2 nitrogen and oxygen atoms in total. The van der Waals surface area contributed by atoms with Gasteiger partial charge in [-0.1, -0.05) is 0 Å². The first-order valence-corrected chi connectivity index (χ1v) is 2.74. The Hall–Kier alpha value is -0.0800. The van der Waals surface area contributed by atoms with Crippen LogP contribution in [0.15, 0.2) is 0 Å². The van der Waals surface area contributed by atoms with Crippen molar-refractivity contribution in [2.45, 2.75) is 6.42 Å². The van der Waals surface area contributed by atoms with E-state index >= 15 is 0 Å². The van der Waals surface area contributed by atoms with Crippen molar-refractivity contribution >= 4 is 0 Å². The van der Waals surface area contributed by atoms with Crippen molar-refractivity contribution in [3.63, 3.8) is 0 Å². The maximum Gasteiger partial charge on any atom is 0.0949 e. The molecule has 0 amide bonds. The van der Waals surface area contributed by atoms with E-state index in [1.54, 1.807) is 0 Å². The normalized spacial score (nSPS) is 21.9. The van der Waals surface area contributed by atoms with E-state index in [9.17, 15) is 5.11 Å². The highest BCUT2D eigenvalue weighted by Crippen LogP contribution is 2.02. The summed E-state index contributed by atoms with van der Waals surface area (Å²) in [6.45, 7) is 3.14. The van der Waals surface area contributed by atoms with Crippen LogP contribution in [-0.4, -0.2) is 31.1 Å². The molecule has 1 radical (unpaired) electrons. The van der Waals surface area contributed by atoms with Gasteiger partial charge in [-0.3, -0.25) is 0 Å². The second kappa shape index (κ2) is 2.28. The third kappa shape index (κ3) is 1.14. The minimum absolute atomic E-state index is 0.0694. The quantitative estimate of drug-likeness (QED) is 0.483. The van der Waals surface area contributed by atoms with Gasteiger partial charge >= 0.3 is 0 Å². The standard InChI is InChI=1S/C5H10NO/c7-5-4-6-2-1-3-6/h1-5H2. The van der Waals surface area contributed by atoms with Crippen LogP contribution >= 0.6 is 0 Å². The van der Waals surface area contributed by atoms with Crippen LogP contribution in [0.3, 0.4) is 0 Å². The molecule has 0 aromatic carbocycles. The SMILES string of the molecule is [O]CCN1CCC1. The Morgan fingerprint density at radius 1 is 1.43 bits per heavy atom. The van der Waals surface area contributed by atoms with Gasteiger partial charge in [0.25, 0.3) is 0 Å². The van der Waals surface area contributed by atoms with E-state index in [0.717, 1.165) is 19.6 Å². The maximum absolute atomic E-state index is 9.89. The van der Waals surface area contributed by atoms with Crippen molar-refractivity contribution < 1.29 is 5.11 Å². The lowest BCUT2D eigenvalue weighted by Crippen LogP contribution is -2.38. The molecule has 0 saturated carbocycles. The molecule has 0 aliphatic carbocycles. The molecule has 1 fully saturated rings. The summed E-state index contributed by atoms with van der Waals surface area (Å²) >= 11 is 0. The highest BCUT2D eigenvalue weighted by atomic mass is 16.3. The molecule has 1 heterocycles. The summed E-state index contributed by atoms with van der Waals surface area (Å²) in [5.74, 6) is 0. The largest absolute Gasteiger partial charge is 0.301 e. The second-order valence-electron chi connectivity index (χ2n) is 1.90. The van der Waals surface area contributed by atoms with Gasteiger partial charge in [0.15, 0.2) is 0 Å². The summed E-state index contributed by atoms with van der Waals surface area (Å²) in [7, 11) is 0. The molecule has 0 spiro atoms. The summed E-state index contributed by atoms with van der Waals surface area (Å²) < 4.78 is 0. The van der Waals surface area contributed by atoms with Crippen molar-refractivity contribution in [3.05, 3.63) is 0 Å². The second-order valence-corrected chi connectivity index (χ2v) is 1.90. The lowest BCUT2D eigenvalue weighted by atomic mass is 10.2. The van der Waals surface area contributed by atoms with Gasteiger partial charge in [0.05, 0.1) is 6.61 Å². The number of rotatable bonds is 2. The van der Waals surface area contributed by atoms with E-state index in [0.29, 0.717) is 0 Å². The van der Waals surface area contributed by atoms with Crippen LogP contribution in [0.2, 0.25) is 0 Å². The van der Waals surface area contributed by atoms with Gasteiger partial charge < -0.3 is 4.90 Å². The van der Waals surface area contributed by atoms with Gasteiger partial charge in [-0.15, -0.1) is 0 Å². The van der Waals surface area contributed by atoms with Crippen molar-refractivity contribution in [2.75, 3.05) is 26.2 Å². The molecule has 0 unspecified atom stereocenters. The van der Waals surface area contributed by atoms with Crippen LogP contribution in [0.5, 0.6) is 0 Å². The molecule has 1 aliphatic rings. The monoisotopic (exact) mass is 100 g/mol. The van der Waals surface area contributed by atoms with Crippen molar-refractivity contribution in [1.82, 2.24) is 4.90 Å². The first-order chi connectivity index (χ1) is 3.43. The predicted molar refractivity (Wildman–Crippen MR) is 26.6 cm³/mol. The molecule has 0 aromatic heterocycles. The van der Waals surface area contributed by atoms with Gasteiger partial charge in [0, 0.05) is 6.54 Å². The smallest absolute Gasteiger partial charge is 0.0949 e. The Morgan fingerprint density at radius 2 is 2.14 bits per heavy atom. The highest BCUT2D eigenvalue weighted by Gasteiger charge is 2.11. The number of likely N-dealkylation sites (tertiary alicyclic amines) is 1.